The summed E-state index contributed by atoms with van der Waals surface area (Å²) in [6, 6.07) is 0.609. The standard InChI is InChI=1S/C21H17ClF3N11/c1-33-17(3-5-27-33)30-20-26-4-2-15(29-20)12-6-16-18-31-32-19(21(24,25)35-10-13(22)8-28-35)36(18)14(7-23)11-34(16)9-12/h2-6,8-10,14H,7,11H2,1H3,(H,26,29,30)/t14-/m0/s1. The van der Waals surface area contributed by atoms with Crippen LogP contribution in [0.2, 0.25) is 5.02 Å². The van der Waals surface area contributed by atoms with Crippen molar-refractivity contribution in [3.63, 3.8) is 0 Å². The average molecular weight is 516 g/mol. The van der Waals surface area contributed by atoms with Crippen molar-refractivity contribution in [3.05, 3.63) is 60.0 Å². The minimum absolute atomic E-state index is 0.0377. The van der Waals surface area contributed by atoms with Crippen LogP contribution in [-0.4, -0.2) is 55.5 Å². The number of nitrogens with zero attached hydrogens (tertiary/aromatic N) is 10. The second-order valence-electron chi connectivity index (χ2n) is 8.17. The van der Waals surface area contributed by atoms with Crippen LogP contribution in [0.1, 0.15) is 11.9 Å². The SMILES string of the molecule is Cn1nccc1Nc1nccc(-c2cc3n(c2)C[C@H](CF)n2c-3nnc2C(F)(F)n2cc(Cl)cn2)n1. The number of nitrogens with one attached hydrogen (secondary N) is 1. The molecule has 0 saturated carbocycles. The van der Waals surface area contributed by atoms with Gasteiger partial charge in [0.25, 0.3) is 0 Å². The lowest BCUT2D eigenvalue weighted by molar-refractivity contribution is -0.0615. The van der Waals surface area contributed by atoms with Gasteiger partial charge in [0.15, 0.2) is 5.82 Å². The van der Waals surface area contributed by atoms with E-state index < -0.39 is 24.6 Å². The third-order valence-corrected chi connectivity index (χ3v) is 6.09. The second kappa shape index (κ2) is 8.19. The molecule has 0 radical (unpaired) electrons. The minimum Gasteiger partial charge on any atom is -0.342 e. The van der Waals surface area contributed by atoms with Gasteiger partial charge in [0.2, 0.25) is 11.8 Å². The Morgan fingerprint density at radius 1 is 1.17 bits per heavy atom. The molecule has 1 aliphatic rings. The maximum atomic E-state index is 15.3. The molecule has 15 heteroatoms. The van der Waals surface area contributed by atoms with Crippen LogP contribution in [0, 0.1) is 0 Å². The van der Waals surface area contributed by atoms with Gasteiger partial charge in [-0.25, -0.2) is 19.0 Å². The van der Waals surface area contributed by atoms with Crippen LogP contribution >= 0.6 is 11.6 Å². The summed E-state index contributed by atoms with van der Waals surface area (Å²) in [5.41, 5.74) is 1.76. The third kappa shape index (κ3) is 3.52. The summed E-state index contributed by atoms with van der Waals surface area (Å²) in [6.07, 6.45) is 7.08. The van der Waals surface area contributed by atoms with E-state index in [1.54, 1.807) is 53.1 Å². The molecule has 5 aromatic rings. The summed E-state index contributed by atoms with van der Waals surface area (Å²) in [5.74, 6) is 0.447. The smallest absolute Gasteiger partial charge is 0.342 e. The lowest BCUT2D eigenvalue weighted by Crippen LogP contribution is -2.33. The predicted molar refractivity (Wildman–Crippen MR) is 123 cm³/mol. The maximum Gasteiger partial charge on any atom is 0.404 e. The van der Waals surface area contributed by atoms with E-state index in [4.69, 9.17) is 11.6 Å². The first-order valence-electron chi connectivity index (χ1n) is 10.7. The fraction of sp³-hybridized carbons (Fsp3) is 0.238. The fourth-order valence-corrected chi connectivity index (χ4v) is 4.32. The number of rotatable bonds is 6. The van der Waals surface area contributed by atoms with E-state index in [-0.39, 0.29) is 17.4 Å². The van der Waals surface area contributed by atoms with Crippen molar-refractivity contribution in [2.45, 2.75) is 18.6 Å². The van der Waals surface area contributed by atoms with E-state index in [2.05, 4.69) is 35.7 Å². The molecule has 0 bridgehead atoms. The van der Waals surface area contributed by atoms with Gasteiger partial charge >= 0.3 is 6.05 Å². The summed E-state index contributed by atoms with van der Waals surface area (Å²) >= 11 is 5.77. The lowest BCUT2D eigenvalue weighted by Gasteiger charge is -2.27. The van der Waals surface area contributed by atoms with Crippen LogP contribution in [0.15, 0.2) is 49.2 Å². The summed E-state index contributed by atoms with van der Waals surface area (Å²) in [6.45, 7) is -0.793. The molecule has 0 aliphatic carbocycles. The van der Waals surface area contributed by atoms with Crippen molar-refractivity contribution in [2.75, 3.05) is 12.0 Å². The molecule has 6 heterocycles. The van der Waals surface area contributed by atoms with Crippen molar-refractivity contribution >= 4 is 23.4 Å². The average Bonchev–Trinajstić information content (AvgIpc) is 3.65. The number of hydrogen-bond acceptors (Lipinski definition) is 7. The molecule has 0 spiro atoms. The molecular formula is C21H17ClF3N11. The molecule has 0 saturated heterocycles. The minimum atomic E-state index is -3.69. The quantitative estimate of drug-likeness (QED) is 0.367. The highest BCUT2D eigenvalue weighted by Gasteiger charge is 2.44. The van der Waals surface area contributed by atoms with Gasteiger partial charge in [-0.1, -0.05) is 11.6 Å². The first-order valence-corrected chi connectivity index (χ1v) is 11.1. The van der Waals surface area contributed by atoms with Gasteiger partial charge in [-0.05, 0) is 12.1 Å². The van der Waals surface area contributed by atoms with Gasteiger partial charge in [0.05, 0.1) is 41.0 Å². The summed E-state index contributed by atoms with van der Waals surface area (Å²) in [5, 5.41) is 18.6. The third-order valence-electron chi connectivity index (χ3n) is 5.89. The van der Waals surface area contributed by atoms with E-state index >= 15 is 8.78 Å². The van der Waals surface area contributed by atoms with E-state index in [0.29, 0.717) is 33.4 Å². The molecule has 1 N–H and O–H groups in total. The number of fused-ring (bicyclic) bond motifs is 3. The molecule has 6 rings (SSSR count). The van der Waals surface area contributed by atoms with Crippen molar-refractivity contribution in [3.8, 4) is 22.8 Å². The molecular weight excluding hydrogens is 499 g/mol. The molecule has 0 fully saturated rings. The van der Waals surface area contributed by atoms with Crippen LogP contribution < -0.4 is 5.32 Å². The van der Waals surface area contributed by atoms with Gasteiger partial charge in [0, 0.05) is 37.6 Å². The highest BCUT2D eigenvalue weighted by Crippen LogP contribution is 2.39. The number of halogens is 4. The van der Waals surface area contributed by atoms with E-state index in [0.717, 1.165) is 17.0 Å². The fourth-order valence-electron chi connectivity index (χ4n) is 4.18. The van der Waals surface area contributed by atoms with Gasteiger partial charge in [-0.15, -0.1) is 10.2 Å². The molecule has 5 aromatic heterocycles. The number of hydrogen-bond donors (Lipinski definition) is 1. The zero-order valence-corrected chi connectivity index (χ0v) is 19.4. The van der Waals surface area contributed by atoms with Crippen molar-refractivity contribution < 1.29 is 13.2 Å². The number of alkyl halides is 3. The first kappa shape index (κ1) is 22.3. The Morgan fingerprint density at radius 2 is 2.03 bits per heavy atom. The van der Waals surface area contributed by atoms with Crippen LogP contribution in [0.3, 0.4) is 0 Å². The van der Waals surface area contributed by atoms with Gasteiger partial charge < -0.3 is 9.88 Å². The predicted octanol–water partition coefficient (Wildman–Crippen LogP) is 3.65. The second-order valence-corrected chi connectivity index (χ2v) is 8.60. The monoisotopic (exact) mass is 515 g/mol. The summed E-state index contributed by atoms with van der Waals surface area (Å²) in [7, 11) is 1.78. The zero-order valence-electron chi connectivity index (χ0n) is 18.6. The van der Waals surface area contributed by atoms with Gasteiger partial charge in [-0.3, -0.25) is 9.25 Å². The summed E-state index contributed by atoms with van der Waals surface area (Å²) in [4.78, 5) is 8.78. The Kier molecular flexibility index (Phi) is 5.07. The highest BCUT2D eigenvalue weighted by atomic mass is 35.5. The van der Waals surface area contributed by atoms with Crippen LogP contribution in [-0.2, 0) is 19.6 Å². The number of anilines is 2. The zero-order chi connectivity index (χ0) is 25.0. The Morgan fingerprint density at radius 3 is 2.75 bits per heavy atom. The van der Waals surface area contributed by atoms with Crippen LogP contribution in [0.25, 0.3) is 22.8 Å². The van der Waals surface area contributed by atoms with Crippen molar-refractivity contribution in [1.29, 1.82) is 0 Å². The topological polar surface area (TPSA) is 109 Å². The highest BCUT2D eigenvalue weighted by molar-refractivity contribution is 6.30. The number of aryl methyl sites for hydroxylation is 1. The van der Waals surface area contributed by atoms with Gasteiger partial charge in [0.1, 0.15) is 12.5 Å². The molecule has 11 nitrogen and oxygen atoms in total. The first-order chi connectivity index (χ1) is 17.3. The number of aromatic nitrogens is 10. The molecule has 1 aliphatic heterocycles. The molecule has 1 atom stereocenters. The Bertz CT molecular complexity index is 1570. The normalized spacial score (nSPS) is 15.1. The van der Waals surface area contributed by atoms with Crippen LogP contribution in [0.4, 0.5) is 24.9 Å². The maximum absolute atomic E-state index is 15.3. The van der Waals surface area contributed by atoms with Crippen molar-refractivity contribution in [1.82, 2.24) is 48.9 Å². The van der Waals surface area contributed by atoms with Crippen LogP contribution in [0.5, 0.6) is 0 Å². The molecule has 0 aromatic carbocycles. The van der Waals surface area contributed by atoms with Gasteiger partial charge in [-0.2, -0.15) is 19.0 Å². The Hall–Kier alpha value is -4.20. The van der Waals surface area contributed by atoms with E-state index in [9.17, 15) is 4.39 Å². The summed E-state index contributed by atoms with van der Waals surface area (Å²) < 4.78 is 49.5. The molecule has 36 heavy (non-hydrogen) atoms. The Balaban J connectivity index is 1.39. The lowest BCUT2D eigenvalue weighted by atomic mass is 10.2. The molecule has 0 unspecified atom stereocenters. The largest absolute Gasteiger partial charge is 0.404 e. The molecule has 0 amide bonds. The van der Waals surface area contributed by atoms with E-state index in [1.165, 1.54) is 0 Å². The van der Waals surface area contributed by atoms with E-state index in [1.807, 2.05) is 0 Å². The van der Waals surface area contributed by atoms with Crippen molar-refractivity contribution in [2.24, 2.45) is 7.05 Å². The Labute approximate surface area is 206 Å². The molecule has 184 valence electrons.